The number of nitriles is 1. The third-order valence-electron chi connectivity index (χ3n) is 2.04. The molecule has 1 heterocycles. The molecule has 1 rings (SSSR count). The van der Waals surface area contributed by atoms with Crippen LogP contribution < -0.4 is 5.32 Å². The van der Waals surface area contributed by atoms with Gasteiger partial charge in [0.1, 0.15) is 0 Å². The molecule has 3 heteroatoms. The Morgan fingerprint density at radius 3 is 3.17 bits per heavy atom. The van der Waals surface area contributed by atoms with Crippen molar-refractivity contribution < 1.29 is 4.74 Å². The first-order chi connectivity index (χ1) is 5.93. The topological polar surface area (TPSA) is 45.0 Å². The lowest BCUT2D eigenvalue weighted by molar-refractivity contribution is 0.0362. The molecule has 0 bridgehead atoms. The minimum absolute atomic E-state index is 0.387. The van der Waals surface area contributed by atoms with Crippen LogP contribution in [0.3, 0.4) is 0 Å². The Labute approximate surface area is 73.7 Å². The summed E-state index contributed by atoms with van der Waals surface area (Å²) in [7, 11) is 0. The first kappa shape index (κ1) is 9.50. The lowest BCUT2D eigenvalue weighted by Crippen LogP contribution is -2.35. The van der Waals surface area contributed by atoms with E-state index in [-0.39, 0.29) is 0 Å². The van der Waals surface area contributed by atoms with E-state index in [0.717, 1.165) is 26.1 Å². The molecule has 0 unspecified atom stereocenters. The van der Waals surface area contributed by atoms with Crippen molar-refractivity contribution in [3.05, 3.63) is 0 Å². The number of nitrogens with one attached hydrogen (secondary N) is 1. The maximum Gasteiger partial charge on any atom is 0.0699 e. The molecule has 68 valence electrons. The van der Waals surface area contributed by atoms with Gasteiger partial charge in [-0.25, -0.2) is 0 Å². The highest BCUT2D eigenvalue weighted by Crippen LogP contribution is 2.06. The molecule has 0 saturated carbocycles. The van der Waals surface area contributed by atoms with E-state index in [1.54, 1.807) is 0 Å². The van der Waals surface area contributed by atoms with Crippen LogP contribution in [0.2, 0.25) is 0 Å². The Bertz CT molecular complexity index is 147. The van der Waals surface area contributed by atoms with Crippen molar-refractivity contribution in [1.29, 1.82) is 5.26 Å². The molecule has 1 aliphatic heterocycles. The van der Waals surface area contributed by atoms with E-state index in [2.05, 4.69) is 11.4 Å². The average Bonchev–Trinajstić information content (AvgIpc) is 2.14. The van der Waals surface area contributed by atoms with Crippen LogP contribution in [-0.4, -0.2) is 25.8 Å². The Balaban J connectivity index is 1.95. The molecule has 0 aromatic rings. The molecule has 0 aromatic carbocycles. The Morgan fingerprint density at radius 1 is 1.58 bits per heavy atom. The van der Waals surface area contributed by atoms with E-state index in [0.29, 0.717) is 12.5 Å². The highest BCUT2D eigenvalue weighted by Gasteiger charge is 2.11. The third-order valence-corrected chi connectivity index (χ3v) is 2.04. The fourth-order valence-corrected chi connectivity index (χ4v) is 1.36. The van der Waals surface area contributed by atoms with Crippen molar-refractivity contribution in [2.75, 3.05) is 19.7 Å². The van der Waals surface area contributed by atoms with Crippen LogP contribution in [0.25, 0.3) is 0 Å². The summed E-state index contributed by atoms with van der Waals surface area (Å²) < 4.78 is 5.57. The first-order valence-electron chi connectivity index (χ1n) is 4.63. The van der Waals surface area contributed by atoms with Crippen LogP contribution in [0.15, 0.2) is 0 Å². The average molecular weight is 168 g/mol. The van der Waals surface area contributed by atoms with E-state index in [4.69, 9.17) is 10.00 Å². The Hall–Kier alpha value is -0.590. The standard InChI is InChI=1S/C9H16N2O/c10-5-1-2-7-12-9-4-3-6-11-8-9/h9,11H,1-4,6-8H2/t9-/m0/s1. The van der Waals surface area contributed by atoms with Gasteiger partial charge in [0.25, 0.3) is 0 Å². The fraction of sp³-hybridized carbons (Fsp3) is 0.889. The van der Waals surface area contributed by atoms with Gasteiger partial charge in [-0.15, -0.1) is 0 Å². The van der Waals surface area contributed by atoms with Crippen LogP contribution in [0, 0.1) is 11.3 Å². The molecule has 1 fully saturated rings. The van der Waals surface area contributed by atoms with Gasteiger partial charge in [-0.3, -0.25) is 0 Å². The maximum atomic E-state index is 8.29. The second-order valence-corrected chi connectivity index (χ2v) is 3.10. The van der Waals surface area contributed by atoms with Crippen LogP contribution in [0.1, 0.15) is 25.7 Å². The number of unbranched alkanes of at least 4 members (excludes halogenated alkanes) is 1. The number of hydrogen-bond donors (Lipinski definition) is 1. The summed E-state index contributed by atoms with van der Waals surface area (Å²) in [5, 5.41) is 11.6. The highest BCUT2D eigenvalue weighted by molar-refractivity contribution is 4.70. The molecular weight excluding hydrogens is 152 g/mol. The summed E-state index contributed by atoms with van der Waals surface area (Å²) in [6.07, 6.45) is 4.24. The number of rotatable bonds is 4. The molecule has 1 aliphatic rings. The van der Waals surface area contributed by atoms with Crippen molar-refractivity contribution in [1.82, 2.24) is 5.32 Å². The van der Waals surface area contributed by atoms with Crippen LogP contribution in [0.5, 0.6) is 0 Å². The van der Waals surface area contributed by atoms with Crippen LogP contribution in [0.4, 0.5) is 0 Å². The Morgan fingerprint density at radius 2 is 2.50 bits per heavy atom. The minimum Gasteiger partial charge on any atom is -0.377 e. The van der Waals surface area contributed by atoms with Gasteiger partial charge in [0, 0.05) is 19.6 Å². The summed E-state index contributed by atoms with van der Waals surface area (Å²) in [5.74, 6) is 0. The zero-order valence-corrected chi connectivity index (χ0v) is 7.38. The molecule has 1 N–H and O–H groups in total. The largest absolute Gasteiger partial charge is 0.377 e. The van der Waals surface area contributed by atoms with Crippen LogP contribution >= 0.6 is 0 Å². The van der Waals surface area contributed by atoms with Gasteiger partial charge in [0.15, 0.2) is 0 Å². The van der Waals surface area contributed by atoms with Crippen molar-refractivity contribution in [2.24, 2.45) is 0 Å². The number of hydrogen-bond acceptors (Lipinski definition) is 3. The third kappa shape index (κ3) is 3.70. The molecule has 1 saturated heterocycles. The van der Waals surface area contributed by atoms with Gasteiger partial charge in [0.05, 0.1) is 12.2 Å². The summed E-state index contributed by atoms with van der Waals surface area (Å²) in [6, 6.07) is 2.11. The van der Waals surface area contributed by atoms with Gasteiger partial charge < -0.3 is 10.1 Å². The SMILES string of the molecule is N#CCCCO[C@H]1CCCNC1. The number of ether oxygens (including phenoxy) is 1. The summed E-state index contributed by atoms with van der Waals surface area (Å²) in [5.41, 5.74) is 0. The van der Waals surface area contributed by atoms with E-state index in [1.807, 2.05) is 0 Å². The smallest absolute Gasteiger partial charge is 0.0699 e. The molecule has 1 atom stereocenters. The Kier molecular flexibility index (Phi) is 4.74. The molecule has 0 aromatic heterocycles. The van der Waals surface area contributed by atoms with Crippen molar-refractivity contribution >= 4 is 0 Å². The number of nitrogens with zero attached hydrogens (tertiary/aromatic N) is 1. The molecule has 0 spiro atoms. The van der Waals surface area contributed by atoms with Crippen molar-refractivity contribution in [3.8, 4) is 6.07 Å². The predicted octanol–water partition coefficient (Wildman–Crippen LogP) is 1.06. The zero-order chi connectivity index (χ0) is 8.65. The van der Waals surface area contributed by atoms with Gasteiger partial charge >= 0.3 is 0 Å². The van der Waals surface area contributed by atoms with E-state index >= 15 is 0 Å². The van der Waals surface area contributed by atoms with Gasteiger partial charge in [-0.05, 0) is 25.8 Å². The molecular formula is C9H16N2O. The van der Waals surface area contributed by atoms with Crippen molar-refractivity contribution in [2.45, 2.75) is 31.8 Å². The van der Waals surface area contributed by atoms with Gasteiger partial charge in [-0.1, -0.05) is 0 Å². The normalized spacial score (nSPS) is 23.4. The molecule has 0 amide bonds. The fourth-order valence-electron chi connectivity index (χ4n) is 1.36. The van der Waals surface area contributed by atoms with E-state index in [9.17, 15) is 0 Å². The monoisotopic (exact) mass is 168 g/mol. The summed E-state index contributed by atoms with van der Waals surface area (Å²) >= 11 is 0. The second-order valence-electron chi connectivity index (χ2n) is 3.10. The first-order valence-corrected chi connectivity index (χ1v) is 4.63. The maximum absolute atomic E-state index is 8.29. The van der Waals surface area contributed by atoms with Crippen molar-refractivity contribution in [3.63, 3.8) is 0 Å². The second kappa shape index (κ2) is 5.99. The van der Waals surface area contributed by atoms with Gasteiger partial charge in [-0.2, -0.15) is 5.26 Å². The van der Waals surface area contributed by atoms with E-state index in [1.165, 1.54) is 12.8 Å². The van der Waals surface area contributed by atoms with E-state index < -0.39 is 0 Å². The quantitative estimate of drug-likeness (QED) is 0.638. The highest BCUT2D eigenvalue weighted by atomic mass is 16.5. The molecule has 12 heavy (non-hydrogen) atoms. The molecule has 3 nitrogen and oxygen atoms in total. The number of piperidine rings is 1. The van der Waals surface area contributed by atoms with Gasteiger partial charge in [0.2, 0.25) is 0 Å². The summed E-state index contributed by atoms with van der Waals surface area (Å²) in [4.78, 5) is 0. The zero-order valence-electron chi connectivity index (χ0n) is 7.38. The van der Waals surface area contributed by atoms with Crippen LogP contribution in [-0.2, 0) is 4.74 Å². The lowest BCUT2D eigenvalue weighted by atomic mass is 10.1. The predicted molar refractivity (Wildman–Crippen MR) is 46.7 cm³/mol. The molecule has 0 radical (unpaired) electrons. The molecule has 0 aliphatic carbocycles. The lowest BCUT2D eigenvalue weighted by Gasteiger charge is -2.22. The minimum atomic E-state index is 0.387. The summed E-state index contributed by atoms with van der Waals surface area (Å²) in [6.45, 7) is 2.84.